The highest BCUT2D eigenvalue weighted by atomic mass is 35.7. The Bertz CT molecular complexity index is 798. The quantitative estimate of drug-likeness (QED) is 0.553. The summed E-state index contributed by atoms with van der Waals surface area (Å²) in [4.78, 5) is 12.0. The first-order valence-electron chi connectivity index (χ1n) is 7.99. The lowest BCUT2D eigenvalue weighted by Crippen LogP contribution is -2.34. The number of esters is 1. The third kappa shape index (κ3) is 6.03. The van der Waals surface area contributed by atoms with Crippen molar-refractivity contribution in [3.05, 3.63) is 42.5 Å². The van der Waals surface area contributed by atoms with Gasteiger partial charge < -0.3 is 9.26 Å². The minimum absolute atomic E-state index is 0.153. The zero-order valence-corrected chi connectivity index (χ0v) is 16.4. The molecule has 0 bridgehead atoms. The van der Waals surface area contributed by atoms with Crippen molar-refractivity contribution in [2.45, 2.75) is 33.7 Å². The van der Waals surface area contributed by atoms with E-state index in [1.165, 1.54) is 6.92 Å². The van der Waals surface area contributed by atoms with Crippen molar-refractivity contribution in [1.29, 1.82) is 0 Å². The zero-order chi connectivity index (χ0) is 18.7. The molecule has 2 unspecified atom stereocenters. The van der Waals surface area contributed by atoms with E-state index in [9.17, 15) is 9.36 Å². The highest BCUT2D eigenvalue weighted by Crippen LogP contribution is 2.50. The van der Waals surface area contributed by atoms with Gasteiger partial charge in [0.1, 0.15) is 11.8 Å². The standard InChI is InChI=1S/C18H23ClNO4P/c1-13(17(21)23-12-18(2,3)4)20-25(19,22)24-16-11-7-9-14-8-5-6-10-15(14)16/h5-11,13H,12H2,1-4H3,(H,20,22). The van der Waals surface area contributed by atoms with E-state index in [0.717, 1.165) is 10.8 Å². The van der Waals surface area contributed by atoms with Gasteiger partial charge in [0, 0.05) is 16.6 Å². The van der Waals surface area contributed by atoms with Gasteiger partial charge in [0.25, 0.3) is 0 Å². The molecule has 0 saturated heterocycles. The van der Waals surface area contributed by atoms with Gasteiger partial charge in [0.05, 0.1) is 6.61 Å². The molecule has 0 aliphatic carbocycles. The summed E-state index contributed by atoms with van der Waals surface area (Å²) in [6, 6.07) is 12.1. The molecular formula is C18H23ClNO4P. The number of fused-ring (bicyclic) bond motifs is 1. The Balaban J connectivity index is 2.06. The number of rotatable bonds is 6. The van der Waals surface area contributed by atoms with Gasteiger partial charge in [-0.15, -0.1) is 0 Å². The number of ether oxygens (including phenoxy) is 1. The summed E-state index contributed by atoms with van der Waals surface area (Å²) in [6.07, 6.45) is 0. The van der Waals surface area contributed by atoms with Crippen LogP contribution in [0, 0.1) is 5.41 Å². The van der Waals surface area contributed by atoms with Crippen LogP contribution in [0.1, 0.15) is 27.7 Å². The Morgan fingerprint density at radius 3 is 2.52 bits per heavy atom. The Morgan fingerprint density at radius 1 is 1.20 bits per heavy atom. The van der Waals surface area contributed by atoms with Crippen LogP contribution in [-0.4, -0.2) is 18.6 Å². The normalized spacial score (nSPS) is 15.4. The Morgan fingerprint density at radius 2 is 1.84 bits per heavy atom. The fourth-order valence-corrected chi connectivity index (χ4v) is 3.82. The first-order valence-corrected chi connectivity index (χ1v) is 10.5. The molecule has 5 nitrogen and oxygen atoms in total. The predicted molar refractivity (Wildman–Crippen MR) is 101 cm³/mol. The second-order valence-corrected chi connectivity index (χ2v) is 9.80. The Labute approximate surface area is 152 Å². The molecular weight excluding hydrogens is 361 g/mol. The largest absolute Gasteiger partial charge is 0.464 e. The highest BCUT2D eigenvalue weighted by molar-refractivity contribution is 7.84. The van der Waals surface area contributed by atoms with E-state index in [1.807, 2.05) is 51.1 Å². The van der Waals surface area contributed by atoms with Crippen LogP contribution in [0.15, 0.2) is 42.5 Å². The highest BCUT2D eigenvalue weighted by Gasteiger charge is 2.29. The molecule has 0 aliphatic heterocycles. The molecule has 0 aliphatic rings. The second-order valence-electron chi connectivity index (χ2n) is 7.07. The predicted octanol–water partition coefficient (Wildman–Crippen LogP) is 5.13. The SMILES string of the molecule is CC(NP(=O)(Cl)Oc1cccc2ccccc12)C(=O)OCC(C)(C)C. The topological polar surface area (TPSA) is 64.6 Å². The van der Waals surface area contributed by atoms with Crippen LogP contribution in [0.5, 0.6) is 5.75 Å². The van der Waals surface area contributed by atoms with Gasteiger partial charge in [-0.25, -0.2) is 9.65 Å². The lowest BCUT2D eigenvalue weighted by molar-refractivity contribution is -0.147. The molecule has 0 saturated carbocycles. The molecule has 0 amide bonds. The third-order valence-corrected chi connectivity index (χ3v) is 4.94. The zero-order valence-electron chi connectivity index (χ0n) is 14.8. The first-order chi connectivity index (χ1) is 11.6. The van der Waals surface area contributed by atoms with Crippen LogP contribution in [0.3, 0.4) is 0 Å². The maximum atomic E-state index is 12.6. The maximum Gasteiger partial charge on any atom is 0.409 e. The molecule has 0 aromatic heterocycles. The number of carbonyl (C=O) groups is 1. The van der Waals surface area contributed by atoms with Gasteiger partial charge in [0.2, 0.25) is 0 Å². The molecule has 0 spiro atoms. The summed E-state index contributed by atoms with van der Waals surface area (Å²) in [5.74, 6) is -0.142. The molecule has 2 aromatic carbocycles. The van der Waals surface area contributed by atoms with E-state index in [-0.39, 0.29) is 12.0 Å². The number of halogens is 1. The summed E-state index contributed by atoms with van der Waals surface area (Å²) in [6.45, 7) is 3.88. The monoisotopic (exact) mass is 383 g/mol. The minimum Gasteiger partial charge on any atom is -0.464 e. The van der Waals surface area contributed by atoms with Crippen molar-refractivity contribution < 1.29 is 18.6 Å². The van der Waals surface area contributed by atoms with E-state index < -0.39 is 18.9 Å². The molecule has 0 heterocycles. The number of benzene rings is 2. The molecule has 0 fully saturated rings. The van der Waals surface area contributed by atoms with Crippen molar-refractivity contribution >= 4 is 34.9 Å². The summed E-state index contributed by atoms with van der Waals surface area (Å²) < 4.78 is 23.2. The lowest BCUT2D eigenvalue weighted by atomic mass is 9.99. The van der Waals surface area contributed by atoms with Crippen LogP contribution >= 0.6 is 18.1 Å². The van der Waals surface area contributed by atoms with Crippen LogP contribution < -0.4 is 9.61 Å². The average Bonchev–Trinajstić information content (AvgIpc) is 2.51. The fourth-order valence-electron chi connectivity index (χ4n) is 2.12. The van der Waals surface area contributed by atoms with E-state index in [0.29, 0.717) is 5.75 Å². The summed E-state index contributed by atoms with van der Waals surface area (Å²) in [5, 5.41) is 4.26. The molecule has 2 atom stereocenters. The molecule has 7 heteroatoms. The molecule has 0 radical (unpaired) electrons. The number of hydrogen-bond donors (Lipinski definition) is 1. The third-order valence-electron chi connectivity index (χ3n) is 3.31. The van der Waals surface area contributed by atoms with Crippen molar-refractivity contribution in [3.8, 4) is 5.75 Å². The van der Waals surface area contributed by atoms with Crippen molar-refractivity contribution in [2.75, 3.05) is 6.61 Å². The summed E-state index contributed by atoms with van der Waals surface area (Å²) in [7, 11) is 0. The minimum atomic E-state index is -3.77. The maximum absolute atomic E-state index is 12.6. The number of nitrogens with one attached hydrogen (secondary N) is 1. The van der Waals surface area contributed by atoms with Gasteiger partial charge >= 0.3 is 12.8 Å². The van der Waals surface area contributed by atoms with Gasteiger partial charge in [-0.2, -0.15) is 0 Å². The smallest absolute Gasteiger partial charge is 0.409 e. The van der Waals surface area contributed by atoms with Crippen LogP contribution in [-0.2, 0) is 14.1 Å². The molecule has 136 valence electrons. The Hall–Kier alpha value is -1.55. The fraction of sp³-hybridized carbons (Fsp3) is 0.389. The van der Waals surface area contributed by atoms with Crippen LogP contribution in [0.4, 0.5) is 0 Å². The van der Waals surface area contributed by atoms with E-state index in [4.69, 9.17) is 20.5 Å². The number of hydrogen-bond acceptors (Lipinski definition) is 4. The van der Waals surface area contributed by atoms with Crippen LogP contribution in [0.25, 0.3) is 10.8 Å². The van der Waals surface area contributed by atoms with E-state index >= 15 is 0 Å². The van der Waals surface area contributed by atoms with Gasteiger partial charge in [-0.05, 0) is 23.8 Å². The van der Waals surface area contributed by atoms with Crippen molar-refractivity contribution in [1.82, 2.24) is 5.09 Å². The summed E-state index contributed by atoms with van der Waals surface area (Å²) >= 11 is 6.01. The molecule has 1 N–H and O–H groups in total. The van der Waals surface area contributed by atoms with E-state index in [2.05, 4.69) is 5.09 Å². The van der Waals surface area contributed by atoms with Gasteiger partial charge in [-0.1, -0.05) is 57.2 Å². The van der Waals surface area contributed by atoms with E-state index in [1.54, 1.807) is 12.1 Å². The molecule has 2 aromatic rings. The summed E-state index contributed by atoms with van der Waals surface area (Å²) in [5.41, 5.74) is -0.153. The van der Waals surface area contributed by atoms with Gasteiger partial charge in [-0.3, -0.25) is 4.79 Å². The molecule has 2 rings (SSSR count). The lowest BCUT2D eigenvalue weighted by Gasteiger charge is -2.22. The van der Waals surface area contributed by atoms with Crippen molar-refractivity contribution in [3.63, 3.8) is 0 Å². The number of carbonyl (C=O) groups excluding carboxylic acids is 1. The Kier molecular flexibility index (Phi) is 6.15. The van der Waals surface area contributed by atoms with Crippen molar-refractivity contribution in [2.24, 2.45) is 5.41 Å². The average molecular weight is 384 g/mol. The second kappa shape index (κ2) is 7.77. The molecule has 25 heavy (non-hydrogen) atoms. The van der Waals surface area contributed by atoms with Crippen LogP contribution in [0.2, 0.25) is 0 Å². The van der Waals surface area contributed by atoms with Gasteiger partial charge in [0.15, 0.2) is 0 Å². The first kappa shape index (κ1) is 19.8.